The highest BCUT2D eigenvalue weighted by atomic mass is 35.5. The fraction of sp³-hybridized carbons (Fsp3) is 0.412. The lowest BCUT2D eigenvalue weighted by Crippen LogP contribution is -2.27. The highest BCUT2D eigenvalue weighted by Gasteiger charge is 2.16. The zero-order valence-corrected chi connectivity index (χ0v) is 14.6. The molecule has 1 heterocycles. The maximum atomic E-state index is 13.8. The summed E-state index contributed by atoms with van der Waals surface area (Å²) < 4.78 is 15.6. The molecule has 1 aromatic heterocycles. The molecule has 0 N–H and O–H groups in total. The van der Waals surface area contributed by atoms with Crippen LogP contribution < -0.4 is 0 Å². The van der Waals surface area contributed by atoms with Crippen LogP contribution in [0.25, 0.3) is 0 Å². The Morgan fingerprint density at radius 1 is 1.35 bits per heavy atom. The van der Waals surface area contributed by atoms with Crippen molar-refractivity contribution in [2.24, 2.45) is 7.05 Å². The lowest BCUT2D eigenvalue weighted by Gasteiger charge is -2.18. The van der Waals surface area contributed by atoms with Crippen molar-refractivity contribution in [1.82, 2.24) is 14.7 Å². The third kappa shape index (κ3) is 3.91. The highest BCUT2D eigenvalue weighted by molar-refractivity contribution is 6.31. The smallest absolute Gasteiger partial charge is 0.222 e. The average Bonchev–Trinajstić information content (AvgIpc) is 2.73. The first-order valence-corrected chi connectivity index (χ1v) is 7.85. The molecule has 23 heavy (non-hydrogen) atoms. The average molecular weight is 338 g/mol. The van der Waals surface area contributed by atoms with Gasteiger partial charge in [-0.1, -0.05) is 17.7 Å². The van der Waals surface area contributed by atoms with Gasteiger partial charge in [0.25, 0.3) is 0 Å². The van der Waals surface area contributed by atoms with E-state index in [2.05, 4.69) is 5.10 Å². The number of amides is 1. The van der Waals surface area contributed by atoms with E-state index >= 15 is 0 Å². The van der Waals surface area contributed by atoms with Gasteiger partial charge in [0.1, 0.15) is 5.82 Å². The van der Waals surface area contributed by atoms with E-state index in [4.69, 9.17) is 11.6 Å². The van der Waals surface area contributed by atoms with E-state index in [1.807, 2.05) is 25.6 Å². The van der Waals surface area contributed by atoms with Crippen molar-refractivity contribution in [3.63, 3.8) is 0 Å². The van der Waals surface area contributed by atoms with Gasteiger partial charge >= 0.3 is 0 Å². The van der Waals surface area contributed by atoms with Gasteiger partial charge in [0.05, 0.1) is 5.69 Å². The summed E-state index contributed by atoms with van der Waals surface area (Å²) >= 11 is 6.01. The normalized spacial score (nSPS) is 10.9. The van der Waals surface area contributed by atoms with Crippen molar-refractivity contribution < 1.29 is 9.18 Å². The number of hydrogen-bond acceptors (Lipinski definition) is 2. The Bertz CT molecular complexity index is 707. The molecule has 0 saturated carbocycles. The van der Waals surface area contributed by atoms with Crippen molar-refractivity contribution in [2.75, 3.05) is 7.05 Å². The molecular formula is C17H21ClFN3O. The number of benzene rings is 1. The summed E-state index contributed by atoms with van der Waals surface area (Å²) in [5.74, 6) is -0.442. The molecule has 1 aromatic carbocycles. The van der Waals surface area contributed by atoms with Gasteiger partial charge in [-0.2, -0.15) is 5.10 Å². The first-order chi connectivity index (χ1) is 10.8. The van der Waals surface area contributed by atoms with Crippen LogP contribution in [0.3, 0.4) is 0 Å². The number of aryl methyl sites for hydroxylation is 2. The second kappa shape index (κ2) is 7.13. The van der Waals surface area contributed by atoms with Gasteiger partial charge < -0.3 is 4.90 Å². The zero-order valence-electron chi connectivity index (χ0n) is 13.9. The molecule has 0 fully saturated rings. The summed E-state index contributed by atoms with van der Waals surface area (Å²) in [6, 6.07) is 4.53. The van der Waals surface area contributed by atoms with E-state index in [0.29, 0.717) is 23.4 Å². The van der Waals surface area contributed by atoms with Crippen LogP contribution in [0.15, 0.2) is 18.2 Å². The minimum absolute atomic E-state index is 0.0491. The molecule has 0 radical (unpaired) electrons. The van der Waals surface area contributed by atoms with Crippen LogP contribution in [-0.4, -0.2) is 27.6 Å². The first kappa shape index (κ1) is 17.5. The third-order valence-corrected chi connectivity index (χ3v) is 4.48. The number of halogens is 2. The number of carbonyl (C=O) groups is 1. The number of carbonyl (C=O) groups excluding carboxylic acids is 1. The molecule has 6 heteroatoms. The van der Waals surface area contributed by atoms with Crippen molar-refractivity contribution in [3.05, 3.63) is 51.6 Å². The molecule has 0 saturated heterocycles. The van der Waals surface area contributed by atoms with Crippen LogP contribution in [0.2, 0.25) is 5.02 Å². The molecule has 4 nitrogen and oxygen atoms in total. The lowest BCUT2D eigenvalue weighted by atomic mass is 10.1. The number of rotatable bonds is 5. The van der Waals surface area contributed by atoms with Gasteiger partial charge in [0.2, 0.25) is 5.91 Å². The molecule has 0 atom stereocenters. The van der Waals surface area contributed by atoms with Crippen LogP contribution in [0, 0.1) is 19.7 Å². The molecule has 0 unspecified atom stereocenters. The molecule has 2 rings (SSSR count). The zero-order chi connectivity index (χ0) is 17.1. The fourth-order valence-corrected chi connectivity index (χ4v) is 2.83. The van der Waals surface area contributed by atoms with E-state index in [1.165, 1.54) is 11.0 Å². The molecular weight excluding hydrogens is 317 g/mol. The lowest BCUT2D eigenvalue weighted by molar-refractivity contribution is -0.130. The Kier molecular flexibility index (Phi) is 5.42. The minimum Gasteiger partial charge on any atom is -0.341 e. The summed E-state index contributed by atoms with van der Waals surface area (Å²) in [7, 11) is 3.55. The molecule has 0 bridgehead atoms. The van der Waals surface area contributed by atoms with Gasteiger partial charge in [-0.15, -0.1) is 0 Å². The monoisotopic (exact) mass is 337 g/mol. The quantitative estimate of drug-likeness (QED) is 0.838. The predicted molar refractivity (Wildman–Crippen MR) is 88.9 cm³/mol. The Hall–Kier alpha value is -1.88. The Labute approximate surface area is 140 Å². The molecule has 0 aliphatic carbocycles. The van der Waals surface area contributed by atoms with Crippen molar-refractivity contribution in [2.45, 2.75) is 33.2 Å². The fourth-order valence-electron chi connectivity index (χ4n) is 2.61. The van der Waals surface area contributed by atoms with E-state index < -0.39 is 5.82 Å². The van der Waals surface area contributed by atoms with Gasteiger partial charge in [0.15, 0.2) is 0 Å². The van der Waals surface area contributed by atoms with Crippen LogP contribution >= 0.6 is 11.6 Å². The molecule has 1 amide bonds. The molecule has 0 aliphatic heterocycles. The van der Waals surface area contributed by atoms with E-state index in [0.717, 1.165) is 17.0 Å². The minimum atomic E-state index is -0.393. The predicted octanol–water partition coefficient (Wildman–Crippen LogP) is 3.42. The van der Waals surface area contributed by atoms with E-state index in [9.17, 15) is 9.18 Å². The van der Waals surface area contributed by atoms with Crippen LogP contribution in [0.5, 0.6) is 0 Å². The summed E-state index contributed by atoms with van der Waals surface area (Å²) in [6.07, 6.45) is 0.982. The first-order valence-electron chi connectivity index (χ1n) is 7.47. The molecule has 124 valence electrons. The van der Waals surface area contributed by atoms with Gasteiger partial charge in [-0.05, 0) is 38.0 Å². The van der Waals surface area contributed by atoms with Crippen molar-refractivity contribution >= 4 is 17.5 Å². The van der Waals surface area contributed by atoms with Crippen molar-refractivity contribution in [1.29, 1.82) is 0 Å². The molecule has 0 spiro atoms. The number of aromatic nitrogens is 2. The second-order valence-corrected chi connectivity index (χ2v) is 6.13. The Morgan fingerprint density at radius 3 is 2.61 bits per heavy atom. The Balaban J connectivity index is 2.00. The van der Waals surface area contributed by atoms with E-state index in [1.54, 1.807) is 19.2 Å². The third-order valence-electron chi connectivity index (χ3n) is 4.13. The molecule has 0 aliphatic rings. The SMILES string of the molecule is Cc1nn(C)c(C)c1CCC(=O)N(C)Cc1c(F)cccc1Cl. The van der Waals surface area contributed by atoms with E-state index in [-0.39, 0.29) is 12.5 Å². The summed E-state index contributed by atoms with van der Waals surface area (Å²) in [5, 5.41) is 4.69. The van der Waals surface area contributed by atoms with Crippen LogP contribution in [0.4, 0.5) is 4.39 Å². The summed E-state index contributed by atoms with van der Waals surface area (Å²) in [5.41, 5.74) is 3.45. The number of hydrogen-bond donors (Lipinski definition) is 0. The topological polar surface area (TPSA) is 38.1 Å². The second-order valence-electron chi connectivity index (χ2n) is 5.72. The summed E-state index contributed by atoms with van der Waals surface area (Å²) in [4.78, 5) is 13.8. The molecule has 2 aromatic rings. The maximum Gasteiger partial charge on any atom is 0.222 e. The standard InChI is InChI=1S/C17H21ClFN3O/c1-11-13(12(2)22(4)20-11)8-9-17(23)21(3)10-14-15(18)6-5-7-16(14)19/h5-7H,8-10H2,1-4H3. The highest BCUT2D eigenvalue weighted by Crippen LogP contribution is 2.21. The number of nitrogens with zero attached hydrogens (tertiary/aromatic N) is 3. The maximum absolute atomic E-state index is 13.8. The largest absolute Gasteiger partial charge is 0.341 e. The summed E-state index contributed by atoms with van der Waals surface area (Å²) in [6.45, 7) is 4.09. The van der Waals surface area contributed by atoms with Crippen molar-refractivity contribution in [3.8, 4) is 0 Å². The Morgan fingerprint density at radius 2 is 2.04 bits per heavy atom. The van der Waals surface area contributed by atoms with Crippen LogP contribution in [-0.2, 0) is 24.8 Å². The van der Waals surface area contributed by atoms with Gasteiger partial charge in [-0.25, -0.2) is 4.39 Å². The van der Waals surface area contributed by atoms with Gasteiger partial charge in [0, 0.05) is 43.3 Å². The van der Waals surface area contributed by atoms with Crippen LogP contribution in [0.1, 0.15) is 28.9 Å². The van der Waals surface area contributed by atoms with Gasteiger partial charge in [-0.3, -0.25) is 9.48 Å².